The van der Waals surface area contributed by atoms with Gasteiger partial charge in [0.2, 0.25) is 11.8 Å². The number of carbonyl (C=O) groups is 3. The van der Waals surface area contributed by atoms with Crippen molar-refractivity contribution in [1.29, 1.82) is 0 Å². The first-order chi connectivity index (χ1) is 9.04. The zero-order chi connectivity index (χ0) is 14.3. The second-order valence-corrected chi connectivity index (χ2v) is 4.64. The number of nitrogens with one attached hydrogen (secondary N) is 1. The number of ether oxygens (including phenoxy) is 1. The molecule has 0 aromatic rings. The van der Waals surface area contributed by atoms with Gasteiger partial charge in [-0.3, -0.25) is 14.4 Å². The fourth-order valence-corrected chi connectivity index (χ4v) is 1.75. The Morgan fingerprint density at radius 2 is 1.95 bits per heavy atom. The Balaban J connectivity index is 2.37. The standard InChI is InChI=1S/C13H22N2O4/c1-3-19-12(17)6-8-15(9-7-14-10(2)16)13(18)11-4-5-11/h11H,3-9H2,1-2H3,(H,14,16). The number of esters is 1. The van der Waals surface area contributed by atoms with Crippen LogP contribution >= 0.6 is 0 Å². The van der Waals surface area contributed by atoms with Gasteiger partial charge in [0.05, 0.1) is 13.0 Å². The molecule has 6 heteroatoms. The van der Waals surface area contributed by atoms with Crippen molar-refractivity contribution in [2.75, 3.05) is 26.2 Å². The van der Waals surface area contributed by atoms with Crippen molar-refractivity contribution in [3.63, 3.8) is 0 Å². The number of hydrogen-bond acceptors (Lipinski definition) is 4. The maximum absolute atomic E-state index is 12.0. The summed E-state index contributed by atoms with van der Waals surface area (Å²) in [6.07, 6.45) is 2.05. The molecule has 0 aromatic heterocycles. The quantitative estimate of drug-likeness (QED) is 0.644. The van der Waals surface area contributed by atoms with Crippen molar-refractivity contribution in [3.8, 4) is 0 Å². The third-order valence-corrected chi connectivity index (χ3v) is 2.89. The monoisotopic (exact) mass is 270 g/mol. The number of amides is 2. The summed E-state index contributed by atoms with van der Waals surface area (Å²) < 4.78 is 4.84. The van der Waals surface area contributed by atoms with Crippen LogP contribution in [0.3, 0.4) is 0 Å². The van der Waals surface area contributed by atoms with Crippen LogP contribution in [0, 0.1) is 5.92 Å². The third kappa shape index (κ3) is 6.22. The molecule has 6 nitrogen and oxygen atoms in total. The Labute approximate surface area is 113 Å². The van der Waals surface area contributed by atoms with E-state index in [1.54, 1.807) is 11.8 Å². The molecular weight excluding hydrogens is 248 g/mol. The number of hydrogen-bond donors (Lipinski definition) is 1. The molecule has 1 fully saturated rings. The highest BCUT2D eigenvalue weighted by atomic mass is 16.5. The van der Waals surface area contributed by atoms with Crippen molar-refractivity contribution in [2.45, 2.75) is 33.1 Å². The minimum absolute atomic E-state index is 0.0784. The number of rotatable bonds is 8. The van der Waals surface area contributed by atoms with Gasteiger partial charge in [-0.2, -0.15) is 0 Å². The maximum atomic E-state index is 12.0. The van der Waals surface area contributed by atoms with E-state index in [0.717, 1.165) is 12.8 Å². The van der Waals surface area contributed by atoms with Gasteiger partial charge in [0.25, 0.3) is 0 Å². The van der Waals surface area contributed by atoms with E-state index < -0.39 is 0 Å². The molecule has 19 heavy (non-hydrogen) atoms. The SMILES string of the molecule is CCOC(=O)CCN(CCNC(C)=O)C(=O)C1CC1. The molecule has 0 unspecified atom stereocenters. The third-order valence-electron chi connectivity index (χ3n) is 2.89. The van der Waals surface area contributed by atoms with Gasteiger partial charge in [0.15, 0.2) is 0 Å². The van der Waals surface area contributed by atoms with E-state index in [9.17, 15) is 14.4 Å². The van der Waals surface area contributed by atoms with Crippen LogP contribution in [0.2, 0.25) is 0 Å². The lowest BCUT2D eigenvalue weighted by Crippen LogP contribution is -2.40. The minimum atomic E-state index is -0.296. The van der Waals surface area contributed by atoms with Crippen LogP contribution in [0.25, 0.3) is 0 Å². The highest BCUT2D eigenvalue weighted by Gasteiger charge is 2.33. The molecule has 0 heterocycles. The highest BCUT2D eigenvalue weighted by Crippen LogP contribution is 2.30. The molecule has 0 bridgehead atoms. The van der Waals surface area contributed by atoms with Crippen LogP contribution < -0.4 is 5.32 Å². The van der Waals surface area contributed by atoms with E-state index in [1.165, 1.54) is 6.92 Å². The number of carbonyl (C=O) groups excluding carboxylic acids is 3. The van der Waals surface area contributed by atoms with Gasteiger partial charge in [0.1, 0.15) is 0 Å². The lowest BCUT2D eigenvalue weighted by atomic mass is 10.3. The van der Waals surface area contributed by atoms with Crippen molar-refractivity contribution >= 4 is 17.8 Å². The molecule has 0 saturated heterocycles. The topological polar surface area (TPSA) is 75.7 Å². The lowest BCUT2D eigenvalue weighted by Gasteiger charge is -2.22. The Morgan fingerprint density at radius 1 is 1.26 bits per heavy atom. The van der Waals surface area contributed by atoms with Gasteiger partial charge in [-0.15, -0.1) is 0 Å². The minimum Gasteiger partial charge on any atom is -0.466 e. The average Bonchev–Trinajstić information content (AvgIpc) is 3.16. The highest BCUT2D eigenvalue weighted by molar-refractivity contribution is 5.81. The summed E-state index contributed by atoms with van der Waals surface area (Å²) in [5, 5.41) is 2.65. The van der Waals surface area contributed by atoms with E-state index in [-0.39, 0.29) is 30.1 Å². The second kappa shape index (κ2) is 7.76. The zero-order valence-corrected chi connectivity index (χ0v) is 11.6. The summed E-state index contributed by atoms with van der Waals surface area (Å²) in [4.78, 5) is 35.8. The van der Waals surface area contributed by atoms with Crippen molar-refractivity contribution in [1.82, 2.24) is 10.2 Å². The second-order valence-electron chi connectivity index (χ2n) is 4.64. The Morgan fingerprint density at radius 3 is 2.47 bits per heavy atom. The summed E-state index contributed by atoms with van der Waals surface area (Å²) in [6.45, 7) is 4.74. The van der Waals surface area contributed by atoms with E-state index in [1.807, 2.05) is 0 Å². The van der Waals surface area contributed by atoms with Crippen molar-refractivity contribution < 1.29 is 19.1 Å². The summed E-state index contributed by atoms with van der Waals surface area (Å²) >= 11 is 0. The fourth-order valence-electron chi connectivity index (χ4n) is 1.75. The van der Waals surface area contributed by atoms with E-state index in [0.29, 0.717) is 26.2 Å². The average molecular weight is 270 g/mol. The van der Waals surface area contributed by atoms with E-state index in [4.69, 9.17) is 4.74 Å². The van der Waals surface area contributed by atoms with Crippen LogP contribution in [0.15, 0.2) is 0 Å². The van der Waals surface area contributed by atoms with Gasteiger partial charge in [-0.1, -0.05) is 0 Å². The molecular formula is C13H22N2O4. The fraction of sp³-hybridized carbons (Fsp3) is 0.769. The van der Waals surface area contributed by atoms with Crippen LogP contribution in [-0.2, 0) is 19.1 Å². The van der Waals surface area contributed by atoms with E-state index in [2.05, 4.69) is 5.32 Å². The zero-order valence-electron chi connectivity index (χ0n) is 11.6. The largest absolute Gasteiger partial charge is 0.466 e. The molecule has 0 radical (unpaired) electrons. The lowest BCUT2D eigenvalue weighted by molar-refractivity contribution is -0.144. The molecule has 1 aliphatic carbocycles. The maximum Gasteiger partial charge on any atom is 0.307 e. The van der Waals surface area contributed by atoms with Crippen LogP contribution in [0.5, 0.6) is 0 Å². The molecule has 108 valence electrons. The molecule has 1 rings (SSSR count). The molecule has 1 aliphatic rings. The normalized spacial score (nSPS) is 13.8. The predicted octanol–water partition coefficient (Wildman–Crippen LogP) is 0.314. The van der Waals surface area contributed by atoms with E-state index >= 15 is 0 Å². The smallest absolute Gasteiger partial charge is 0.307 e. The predicted molar refractivity (Wildman–Crippen MR) is 69.2 cm³/mol. The first-order valence-corrected chi connectivity index (χ1v) is 6.73. The molecule has 0 atom stereocenters. The molecule has 0 aliphatic heterocycles. The summed E-state index contributed by atoms with van der Waals surface area (Å²) in [6, 6.07) is 0. The molecule has 0 spiro atoms. The van der Waals surface area contributed by atoms with Crippen molar-refractivity contribution in [2.24, 2.45) is 5.92 Å². The molecule has 2 amide bonds. The summed E-state index contributed by atoms with van der Waals surface area (Å²) in [5.41, 5.74) is 0. The van der Waals surface area contributed by atoms with Gasteiger partial charge in [-0.25, -0.2) is 0 Å². The number of nitrogens with zero attached hydrogens (tertiary/aromatic N) is 1. The first-order valence-electron chi connectivity index (χ1n) is 6.73. The van der Waals surface area contributed by atoms with Gasteiger partial charge in [-0.05, 0) is 19.8 Å². The Bertz CT molecular complexity index is 340. The van der Waals surface area contributed by atoms with Gasteiger partial charge in [0, 0.05) is 32.5 Å². The first kappa shape index (κ1) is 15.5. The van der Waals surface area contributed by atoms with Gasteiger partial charge < -0.3 is 15.0 Å². The van der Waals surface area contributed by atoms with Crippen LogP contribution in [-0.4, -0.2) is 48.9 Å². The summed E-state index contributed by atoms with van der Waals surface area (Å²) in [5.74, 6) is -0.228. The Kier molecular flexibility index (Phi) is 6.32. The van der Waals surface area contributed by atoms with Gasteiger partial charge >= 0.3 is 5.97 Å². The molecule has 1 saturated carbocycles. The molecule has 1 N–H and O–H groups in total. The summed E-state index contributed by atoms with van der Waals surface area (Å²) in [7, 11) is 0. The molecule has 0 aromatic carbocycles. The Hall–Kier alpha value is -1.59. The van der Waals surface area contributed by atoms with Crippen molar-refractivity contribution in [3.05, 3.63) is 0 Å². The van der Waals surface area contributed by atoms with Crippen LogP contribution in [0.1, 0.15) is 33.1 Å². The van der Waals surface area contributed by atoms with Crippen LogP contribution in [0.4, 0.5) is 0 Å².